The van der Waals surface area contributed by atoms with E-state index in [1.54, 1.807) is 19.1 Å². The molecule has 0 aliphatic heterocycles. The number of hydrogen-bond acceptors (Lipinski definition) is 3. The number of furan rings is 1. The Morgan fingerprint density at radius 1 is 1.22 bits per heavy atom. The molecule has 1 unspecified atom stereocenters. The summed E-state index contributed by atoms with van der Waals surface area (Å²) in [4.78, 5) is 26.8. The summed E-state index contributed by atoms with van der Waals surface area (Å²) in [5.41, 5.74) is -1.03. The summed E-state index contributed by atoms with van der Waals surface area (Å²) < 4.78 is 5.43. The first-order valence-electron chi connectivity index (χ1n) is 7.59. The average molecular weight is 318 g/mol. The fourth-order valence-corrected chi connectivity index (χ4v) is 2.23. The van der Waals surface area contributed by atoms with Crippen LogP contribution in [0.25, 0.3) is 0 Å². The predicted molar refractivity (Wildman–Crippen MR) is 89.4 cm³/mol. The molecule has 2 amide bonds. The Hall–Kier alpha value is -2.22. The van der Waals surface area contributed by atoms with Crippen LogP contribution >= 0.6 is 0 Å². The van der Waals surface area contributed by atoms with Crippen molar-refractivity contribution < 1.29 is 14.0 Å². The molecule has 0 radical (unpaired) electrons. The first-order valence-corrected chi connectivity index (χ1v) is 7.59. The average Bonchev–Trinajstić information content (AvgIpc) is 2.85. The third-order valence-electron chi connectivity index (χ3n) is 2.99. The molecule has 1 aromatic heterocycles. The van der Waals surface area contributed by atoms with Gasteiger partial charge in [0.1, 0.15) is 5.76 Å². The van der Waals surface area contributed by atoms with Gasteiger partial charge in [-0.3, -0.25) is 9.59 Å². The standard InChI is InChI=1S/C18H26N2O3/c1-8-10-14(21)20(18(5,6)7)15(13-11-9-12-23-13)16(22)19-17(2,3)4/h9,11-12,15H,1-7H3,(H,19,22). The van der Waals surface area contributed by atoms with Gasteiger partial charge in [0, 0.05) is 11.1 Å². The summed E-state index contributed by atoms with van der Waals surface area (Å²) in [6.45, 7) is 12.8. The Bertz CT molecular complexity index is 607. The van der Waals surface area contributed by atoms with E-state index in [-0.39, 0.29) is 5.91 Å². The number of carbonyl (C=O) groups is 2. The SMILES string of the molecule is CC#CC(=O)N(C(C(=O)NC(C)(C)C)c1ccco1)C(C)(C)C. The van der Waals surface area contributed by atoms with Gasteiger partial charge in [-0.2, -0.15) is 0 Å². The van der Waals surface area contributed by atoms with Crippen LogP contribution in [0, 0.1) is 11.8 Å². The largest absolute Gasteiger partial charge is 0.467 e. The molecular weight excluding hydrogens is 292 g/mol. The van der Waals surface area contributed by atoms with E-state index in [1.807, 2.05) is 41.5 Å². The predicted octanol–water partition coefficient (Wildman–Crippen LogP) is 2.89. The topological polar surface area (TPSA) is 62.6 Å². The van der Waals surface area contributed by atoms with Crippen molar-refractivity contribution in [1.29, 1.82) is 0 Å². The second-order valence-electron chi connectivity index (χ2n) is 7.38. The molecule has 0 bridgehead atoms. The molecule has 0 aliphatic carbocycles. The molecule has 0 saturated heterocycles. The third-order valence-corrected chi connectivity index (χ3v) is 2.99. The highest BCUT2D eigenvalue weighted by molar-refractivity contribution is 5.97. The molecule has 1 atom stereocenters. The van der Waals surface area contributed by atoms with E-state index in [0.29, 0.717) is 5.76 Å². The van der Waals surface area contributed by atoms with Gasteiger partial charge in [0.2, 0.25) is 0 Å². The van der Waals surface area contributed by atoms with Crippen LogP contribution in [-0.4, -0.2) is 27.8 Å². The molecule has 1 heterocycles. The summed E-state index contributed by atoms with van der Waals surface area (Å²) in [7, 11) is 0. The van der Waals surface area contributed by atoms with Gasteiger partial charge < -0.3 is 14.6 Å². The van der Waals surface area contributed by atoms with Gasteiger partial charge in [-0.25, -0.2) is 0 Å². The number of carbonyl (C=O) groups excluding carboxylic acids is 2. The van der Waals surface area contributed by atoms with E-state index < -0.39 is 23.0 Å². The molecular formula is C18H26N2O3. The van der Waals surface area contributed by atoms with E-state index in [2.05, 4.69) is 17.2 Å². The summed E-state index contributed by atoms with van der Waals surface area (Å²) in [5.74, 6) is 4.83. The van der Waals surface area contributed by atoms with Gasteiger partial charge in [-0.1, -0.05) is 5.92 Å². The molecule has 5 nitrogen and oxygen atoms in total. The summed E-state index contributed by atoms with van der Waals surface area (Å²) in [5, 5.41) is 2.92. The first-order chi connectivity index (χ1) is 10.5. The molecule has 0 aromatic carbocycles. The van der Waals surface area contributed by atoms with Crippen molar-refractivity contribution in [3.63, 3.8) is 0 Å². The van der Waals surface area contributed by atoms with Crippen molar-refractivity contribution >= 4 is 11.8 Å². The number of nitrogens with zero attached hydrogens (tertiary/aromatic N) is 1. The van der Waals surface area contributed by atoms with Gasteiger partial charge in [0.25, 0.3) is 11.8 Å². The minimum Gasteiger partial charge on any atom is -0.467 e. The van der Waals surface area contributed by atoms with Gasteiger partial charge >= 0.3 is 0 Å². The van der Waals surface area contributed by atoms with Crippen LogP contribution in [0.5, 0.6) is 0 Å². The number of rotatable bonds is 3. The smallest absolute Gasteiger partial charge is 0.299 e. The quantitative estimate of drug-likeness (QED) is 0.872. The number of hydrogen-bond donors (Lipinski definition) is 1. The Morgan fingerprint density at radius 2 is 1.83 bits per heavy atom. The highest BCUT2D eigenvalue weighted by Crippen LogP contribution is 2.29. The van der Waals surface area contributed by atoms with Crippen molar-refractivity contribution in [2.24, 2.45) is 0 Å². The monoisotopic (exact) mass is 318 g/mol. The first kappa shape index (κ1) is 18.8. The van der Waals surface area contributed by atoms with Crippen molar-refractivity contribution in [3.05, 3.63) is 24.2 Å². The molecule has 0 saturated carbocycles. The zero-order valence-corrected chi connectivity index (χ0v) is 15.0. The Morgan fingerprint density at radius 3 is 2.22 bits per heavy atom. The van der Waals surface area contributed by atoms with Gasteiger partial charge in [0.05, 0.1) is 6.26 Å². The Kier molecular flexibility index (Phi) is 5.65. The fraction of sp³-hybridized carbons (Fsp3) is 0.556. The minimum atomic E-state index is -0.877. The second-order valence-corrected chi connectivity index (χ2v) is 7.38. The molecule has 1 N–H and O–H groups in total. The fourth-order valence-electron chi connectivity index (χ4n) is 2.23. The third kappa shape index (κ3) is 5.17. The van der Waals surface area contributed by atoms with E-state index in [4.69, 9.17) is 4.42 Å². The van der Waals surface area contributed by atoms with E-state index in [9.17, 15) is 9.59 Å². The molecule has 0 spiro atoms. The highest BCUT2D eigenvalue weighted by Gasteiger charge is 2.40. The van der Waals surface area contributed by atoms with Crippen molar-refractivity contribution in [3.8, 4) is 11.8 Å². The molecule has 23 heavy (non-hydrogen) atoms. The van der Waals surface area contributed by atoms with Crippen LogP contribution in [0.2, 0.25) is 0 Å². The van der Waals surface area contributed by atoms with Gasteiger partial charge in [-0.05, 0) is 66.5 Å². The maximum Gasteiger partial charge on any atom is 0.299 e. The number of nitrogens with one attached hydrogen (secondary N) is 1. The molecule has 0 aliphatic rings. The lowest BCUT2D eigenvalue weighted by Gasteiger charge is -2.39. The van der Waals surface area contributed by atoms with Crippen LogP contribution in [0.3, 0.4) is 0 Å². The van der Waals surface area contributed by atoms with E-state index >= 15 is 0 Å². The molecule has 1 rings (SSSR count). The zero-order chi connectivity index (χ0) is 17.8. The molecule has 126 valence electrons. The van der Waals surface area contributed by atoms with Crippen molar-refractivity contribution in [1.82, 2.24) is 10.2 Å². The molecule has 1 aromatic rings. The summed E-state index contributed by atoms with van der Waals surface area (Å²) in [6, 6.07) is 2.51. The van der Waals surface area contributed by atoms with Crippen LogP contribution in [0.4, 0.5) is 0 Å². The van der Waals surface area contributed by atoms with Crippen molar-refractivity contribution in [2.45, 2.75) is 65.6 Å². The highest BCUT2D eigenvalue weighted by atomic mass is 16.3. The molecule has 0 fully saturated rings. The lowest BCUT2D eigenvalue weighted by Crippen LogP contribution is -2.54. The Labute approximate surface area is 138 Å². The maximum atomic E-state index is 12.8. The van der Waals surface area contributed by atoms with Crippen LogP contribution in [0.15, 0.2) is 22.8 Å². The summed E-state index contributed by atoms with van der Waals surface area (Å²) >= 11 is 0. The second kappa shape index (κ2) is 6.91. The van der Waals surface area contributed by atoms with Crippen LogP contribution < -0.4 is 5.32 Å². The van der Waals surface area contributed by atoms with Gasteiger partial charge in [0.15, 0.2) is 6.04 Å². The van der Waals surface area contributed by atoms with Crippen molar-refractivity contribution in [2.75, 3.05) is 0 Å². The summed E-state index contributed by atoms with van der Waals surface area (Å²) in [6.07, 6.45) is 1.49. The Balaban J connectivity index is 3.37. The molecule has 5 heteroatoms. The van der Waals surface area contributed by atoms with E-state index in [0.717, 1.165) is 0 Å². The lowest BCUT2D eigenvalue weighted by atomic mass is 9.99. The normalized spacial score (nSPS) is 12.8. The lowest BCUT2D eigenvalue weighted by molar-refractivity contribution is -0.143. The maximum absolute atomic E-state index is 12.8. The number of amides is 2. The van der Waals surface area contributed by atoms with Gasteiger partial charge in [-0.15, -0.1) is 0 Å². The zero-order valence-electron chi connectivity index (χ0n) is 15.0. The van der Waals surface area contributed by atoms with Crippen LogP contribution in [-0.2, 0) is 9.59 Å². The minimum absolute atomic E-state index is 0.298. The van der Waals surface area contributed by atoms with Crippen LogP contribution in [0.1, 0.15) is 60.3 Å². The van der Waals surface area contributed by atoms with E-state index in [1.165, 1.54) is 11.2 Å².